The maximum Gasteiger partial charge on any atom is 0.263 e. The third kappa shape index (κ3) is 5.84. The standard InChI is InChI=1S/C27H25N7O3/c1-17(12-28)27(36)34-11-10-20(23(35)15-34)14-31-26-24(25(30)32-16-33-26)19-4-8-22(9-5-19)37-21-6-2-18(13-29)3-7-21/h2-9,16,20,23,35H,1,10-11,14-15H2,(H3,30,31,32,33)/t20-,23+/m0/s1. The average Bonchev–Trinajstić information content (AvgIpc) is 2.92. The number of β-amino-alcohol motifs (C(OH)–C–C–N with tert-alkyl or cyclic N) is 1. The average molecular weight is 496 g/mol. The summed E-state index contributed by atoms with van der Waals surface area (Å²) in [5, 5.41) is 31.7. The number of benzene rings is 2. The number of rotatable bonds is 7. The monoisotopic (exact) mass is 495 g/mol. The number of hydrogen-bond donors (Lipinski definition) is 3. The number of nitrogens with zero attached hydrogens (tertiary/aromatic N) is 5. The first-order chi connectivity index (χ1) is 17.9. The van der Waals surface area contributed by atoms with E-state index in [-0.39, 0.29) is 18.0 Å². The van der Waals surface area contributed by atoms with Crippen LogP contribution >= 0.6 is 0 Å². The zero-order valence-electron chi connectivity index (χ0n) is 20.0. The van der Waals surface area contributed by atoms with Crippen molar-refractivity contribution >= 4 is 17.5 Å². The molecule has 37 heavy (non-hydrogen) atoms. The van der Waals surface area contributed by atoms with E-state index in [0.717, 1.165) is 5.56 Å². The first-order valence-corrected chi connectivity index (χ1v) is 11.6. The van der Waals surface area contributed by atoms with Crippen molar-refractivity contribution in [3.8, 4) is 34.8 Å². The van der Waals surface area contributed by atoms with Crippen LogP contribution in [-0.2, 0) is 4.79 Å². The van der Waals surface area contributed by atoms with E-state index in [0.29, 0.717) is 53.8 Å². The van der Waals surface area contributed by atoms with Crippen LogP contribution in [0, 0.1) is 28.6 Å². The molecule has 4 N–H and O–H groups in total. The van der Waals surface area contributed by atoms with Crippen molar-refractivity contribution in [1.82, 2.24) is 14.9 Å². The first kappa shape index (κ1) is 25.2. The summed E-state index contributed by atoms with van der Waals surface area (Å²) in [5.74, 6) is 1.46. The number of piperidine rings is 1. The number of carbonyl (C=O) groups is 1. The number of aromatic nitrogens is 2. The van der Waals surface area contributed by atoms with Crippen LogP contribution in [0.4, 0.5) is 11.6 Å². The van der Waals surface area contributed by atoms with E-state index in [9.17, 15) is 9.90 Å². The molecule has 2 aromatic carbocycles. The summed E-state index contributed by atoms with van der Waals surface area (Å²) >= 11 is 0. The van der Waals surface area contributed by atoms with E-state index in [4.69, 9.17) is 21.0 Å². The number of likely N-dealkylation sites (tertiary alicyclic amines) is 1. The fourth-order valence-corrected chi connectivity index (χ4v) is 4.11. The van der Waals surface area contributed by atoms with Gasteiger partial charge in [-0.1, -0.05) is 18.7 Å². The van der Waals surface area contributed by atoms with Crippen LogP contribution in [0.25, 0.3) is 11.1 Å². The number of carbonyl (C=O) groups excluding carboxylic acids is 1. The van der Waals surface area contributed by atoms with Crippen molar-refractivity contribution in [2.24, 2.45) is 5.92 Å². The predicted molar refractivity (Wildman–Crippen MR) is 137 cm³/mol. The first-order valence-electron chi connectivity index (χ1n) is 11.6. The summed E-state index contributed by atoms with van der Waals surface area (Å²) in [7, 11) is 0. The molecule has 0 spiro atoms. The van der Waals surface area contributed by atoms with Gasteiger partial charge in [0.15, 0.2) is 0 Å². The molecule has 0 saturated carbocycles. The van der Waals surface area contributed by atoms with Crippen molar-refractivity contribution in [3.63, 3.8) is 0 Å². The van der Waals surface area contributed by atoms with Crippen molar-refractivity contribution in [2.75, 3.05) is 30.7 Å². The van der Waals surface area contributed by atoms with E-state index in [2.05, 4.69) is 27.9 Å². The Bertz CT molecular complexity index is 1380. The number of nitriles is 2. The summed E-state index contributed by atoms with van der Waals surface area (Å²) in [6.45, 7) is 4.41. The minimum Gasteiger partial charge on any atom is -0.457 e. The minimum atomic E-state index is -0.766. The van der Waals surface area contributed by atoms with Crippen LogP contribution in [-0.4, -0.2) is 51.6 Å². The largest absolute Gasteiger partial charge is 0.457 e. The molecule has 1 aromatic heterocycles. The normalized spacial score (nSPS) is 16.8. The second-order valence-electron chi connectivity index (χ2n) is 8.58. The van der Waals surface area contributed by atoms with Gasteiger partial charge in [0, 0.05) is 25.6 Å². The number of nitrogens with one attached hydrogen (secondary N) is 1. The molecule has 1 amide bonds. The number of nitrogen functional groups attached to an aromatic ring is 1. The van der Waals surface area contributed by atoms with E-state index in [1.165, 1.54) is 11.2 Å². The number of aliphatic hydroxyl groups is 1. The van der Waals surface area contributed by atoms with Crippen molar-refractivity contribution in [1.29, 1.82) is 10.5 Å². The van der Waals surface area contributed by atoms with Gasteiger partial charge in [-0.15, -0.1) is 0 Å². The number of ether oxygens (including phenoxy) is 1. The minimum absolute atomic E-state index is 0.130. The van der Waals surface area contributed by atoms with Crippen LogP contribution in [0.1, 0.15) is 12.0 Å². The van der Waals surface area contributed by atoms with Crippen LogP contribution in [0.15, 0.2) is 67.0 Å². The van der Waals surface area contributed by atoms with E-state index < -0.39 is 12.0 Å². The Morgan fingerprint density at radius 1 is 1.16 bits per heavy atom. The Morgan fingerprint density at radius 2 is 1.84 bits per heavy atom. The molecule has 10 nitrogen and oxygen atoms in total. The second-order valence-corrected chi connectivity index (χ2v) is 8.58. The number of aliphatic hydroxyl groups excluding tert-OH is 1. The van der Waals surface area contributed by atoms with Gasteiger partial charge < -0.3 is 25.8 Å². The van der Waals surface area contributed by atoms with Gasteiger partial charge in [-0.25, -0.2) is 9.97 Å². The molecule has 1 aliphatic heterocycles. The number of amides is 1. The molecule has 2 atom stereocenters. The van der Waals surface area contributed by atoms with Gasteiger partial charge in [0.25, 0.3) is 5.91 Å². The Hall–Kier alpha value is -4.93. The summed E-state index contributed by atoms with van der Waals surface area (Å²) in [6.07, 6.45) is 1.16. The molecular formula is C27H25N7O3. The highest BCUT2D eigenvalue weighted by atomic mass is 16.5. The third-order valence-electron chi connectivity index (χ3n) is 6.17. The third-order valence-corrected chi connectivity index (χ3v) is 6.17. The van der Waals surface area contributed by atoms with Gasteiger partial charge in [-0.05, 0) is 48.4 Å². The van der Waals surface area contributed by atoms with Crippen molar-refractivity contribution < 1.29 is 14.6 Å². The molecule has 1 fully saturated rings. The van der Waals surface area contributed by atoms with Crippen LogP contribution < -0.4 is 15.8 Å². The highest BCUT2D eigenvalue weighted by Crippen LogP contribution is 2.33. The molecule has 1 saturated heterocycles. The second kappa shape index (κ2) is 11.2. The summed E-state index contributed by atoms with van der Waals surface area (Å²) in [5.41, 5.74) is 8.01. The van der Waals surface area contributed by atoms with Crippen molar-refractivity contribution in [2.45, 2.75) is 12.5 Å². The van der Waals surface area contributed by atoms with Crippen molar-refractivity contribution in [3.05, 3.63) is 72.6 Å². The summed E-state index contributed by atoms with van der Waals surface area (Å²) in [4.78, 5) is 22.1. The van der Waals surface area contributed by atoms with Gasteiger partial charge in [0.05, 0.1) is 23.3 Å². The van der Waals surface area contributed by atoms with Crippen LogP contribution in [0.3, 0.4) is 0 Å². The number of anilines is 2. The van der Waals surface area contributed by atoms with E-state index in [1.54, 1.807) is 42.5 Å². The smallest absolute Gasteiger partial charge is 0.263 e. The molecule has 186 valence electrons. The van der Waals surface area contributed by atoms with Crippen LogP contribution in [0.5, 0.6) is 11.5 Å². The highest BCUT2D eigenvalue weighted by molar-refractivity contribution is 5.96. The lowest BCUT2D eigenvalue weighted by Crippen LogP contribution is -2.48. The van der Waals surface area contributed by atoms with E-state index in [1.807, 2.05) is 12.1 Å². The molecule has 0 radical (unpaired) electrons. The lowest BCUT2D eigenvalue weighted by atomic mass is 9.93. The fourth-order valence-electron chi connectivity index (χ4n) is 4.11. The zero-order chi connectivity index (χ0) is 26.4. The zero-order valence-corrected chi connectivity index (χ0v) is 20.0. The van der Waals surface area contributed by atoms with Gasteiger partial charge in [0.2, 0.25) is 0 Å². The Morgan fingerprint density at radius 3 is 2.46 bits per heavy atom. The van der Waals surface area contributed by atoms with Gasteiger partial charge in [-0.3, -0.25) is 4.79 Å². The van der Waals surface area contributed by atoms with Gasteiger partial charge in [0.1, 0.15) is 41.1 Å². The predicted octanol–water partition coefficient (Wildman–Crippen LogP) is 3.09. The number of nitrogens with two attached hydrogens (primary N) is 1. The van der Waals surface area contributed by atoms with Gasteiger partial charge >= 0.3 is 0 Å². The summed E-state index contributed by atoms with van der Waals surface area (Å²) in [6, 6.07) is 18.0. The highest BCUT2D eigenvalue weighted by Gasteiger charge is 2.31. The molecule has 2 heterocycles. The van der Waals surface area contributed by atoms with Crippen LogP contribution in [0.2, 0.25) is 0 Å². The molecule has 0 bridgehead atoms. The molecule has 10 heteroatoms. The molecule has 0 unspecified atom stereocenters. The van der Waals surface area contributed by atoms with Gasteiger partial charge in [-0.2, -0.15) is 10.5 Å². The lowest BCUT2D eigenvalue weighted by molar-refractivity contribution is -0.130. The molecular weight excluding hydrogens is 470 g/mol. The maximum atomic E-state index is 12.2. The topological polar surface area (TPSA) is 161 Å². The molecule has 1 aliphatic rings. The Balaban J connectivity index is 1.43. The fraction of sp³-hybridized carbons (Fsp3) is 0.222. The molecule has 0 aliphatic carbocycles. The maximum absolute atomic E-state index is 12.2. The Kier molecular flexibility index (Phi) is 7.62. The molecule has 4 rings (SSSR count). The van der Waals surface area contributed by atoms with E-state index >= 15 is 0 Å². The number of hydrogen-bond acceptors (Lipinski definition) is 9. The lowest BCUT2D eigenvalue weighted by Gasteiger charge is -2.36. The quantitative estimate of drug-likeness (QED) is 0.330. The summed E-state index contributed by atoms with van der Waals surface area (Å²) < 4.78 is 5.85. The molecule has 3 aromatic rings. The Labute approximate surface area is 214 Å². The SMILES string of the molecule is C=C(C#N)C(=O)N1CC[C@@H](CNc2ncnc(N)c2-c2ccc(Oc3ccc(C#N)cc3)cc2)[C@H](O)C1.